The highest BCUT2D eigenvalue weighted by Crippen LogP contribution is 2.38. The minimum absolute atomic E-state index is 0.0148. The number of benzene rings is 2. The third kappa shape index (κ3) is 3.94. The smallest absolute Gasteiger partial charge is 0.420 e. The first-order chi connectivity index (χ1) is 12.2. The SMILES string of the molecule is CN(c1ccccc1)S(=O)(=O)c1ccc(OCC2CO2)c(C(F)(F)F)c1. The quantitative estimate of drug-likeness (QED) is 0.714. The largest absolute Gasteiger partial charge is 0.490 e. The zero-order valence-corrected chi connectivity index (χ0v) is 14.5. The number of sulfonamides is 1. The lowest BCUT2D eigenvalue weighted by atomic mass is 10.2. The molecule has 0 aliphatic carbocycles. The van der Waals surface area contributed by atoms with Crippen molar-refractivity contribution in [2.45, 2.75) is 17.2 Å². The molecule has 0 radical (unpaired) electrons. The monoisotopic (exact) mass is 387 g/mol. The van der Waals surface area contributed by atoms with E-state index in [2.05, 4.69) is 0 Å². The first-order valence-electron chi connectivity index (χ1n) is 7.69. The highest BCUT2D eigenvalue weighted by atomic mass is 32.2. The van der Waals surface area contributed by atoms with Crippen molar-refractivity contribution in [2.75, 3.05) is 24.6 Å². The highest BCUT2D eigenvalue weighted by molar-refractivity contribution is 7.92. The molecule has 5 nitrogen and oxygen atoms in total. The normalized spacial score (nSPS) is 17.0. The number of hydrogen-bond acceptors (Lipinski definition) is 4. The molecular weight excluding hydrogens is 371 g/mol. The standard InChI is InChI=1S/C17H16F3NO4S/c1-21(12-5-3-2-4-6-12)26(22,23)14-7-8-16(25-11-13-10-24-13)15(9-14)17(18,19)20/h2-9,13H,10-11H2,1H3. The molecule has 2 aromatic carbocycles. The molecule has 1 saturated heterocycles. The Balaban J connectivity index is 1.96. The summed E-state index contributed by atoms with van der Waals surface area (Å²) >= 11 is 0. The number of para-hydroxylation sites is 1. The van der Waals surface area contributed by atoms with E-state index in [-0.39, 0.29) is 12.7 Å². The van der Waals surface area contributed by atoms with Gasteiger partial charge in [-0.3, -0.25) is 4.31 Å². The lowest BCUT2D eigenvalue weighted by Crippen LogP contribution is -2.27. The van der Waals surface area contributed by atoms with Crippen LogP contribution in [-0.4, -0.2) is 34.8 Å². The van der Waals surface area contributed by atoms with Crippen molar-refractivity contribution in [3.05, 3.63) is 54.1 Å². The molecular formula is C17H16F3NO4S. The second-order valence-electron chi connectivity index (χ2n) is 5.73. The van der Waals surface area contributed by atoms with E-state index in [0.717, 1.165) is 16.4 Å². The first-order valence-corrected chi connectivity index (χ1v) is 9.13. The van der Waals surface area contributed by atoms with Crippen molar-refractivity contribution < 1.29 is 31.1 Å². The van der Waals surface area contributed by atoms with Crippen molar-refractivity contribution >= 4 is 15.7 Å². The van der Waals surface area contributed by atoms with Crippen molar-refractivity contribution in [1.82, 2.24) is 0 Å². The van der Waals surface area contributed by atoms with E-state index in [9.17, 15) is 21.6 Å². The highest BCUT2D eigenvalue weighted by Gasteiger charge is 2.37. The summed E-state index contributed by atoms with van der Waals surface area (Å²) in [5.41, 5.74) is -0.798. The fourth-order valence-electron chi connectivity index (χ4n) is 2.30. The Morgan fingerprint density at radius 2 is 1.85 bits per heavy atom. The summed E-state index contributed by atoms with van der Waals surface area (Å²) in [5, 5.41) is 0. The molecule has 3 rings (SSSR count). The van der Waals surface area contributed by atoms with Gasteiger partial charge in [-0.1, -0.05) is 18.2 Å². The molecule has 0 N–H and O–H groups in total. The van der Waals surface area contributed by atoms with Gasteiger partial charge in [-0.05, 0) is 30.3 Å². The average molecular weight is 387 g/mol. The number of anilines is 1. The number of hydrogen-bond donors (Lipinski definition) is 0. The van der Waals surface area contributed by atoms with Gasteiger partial charge in [0.15, 0.2) is 0 Å². The lowest BCUT2D eigenvalue weighted by molar-refractivity contribution is -0.139. The van der Waals surface area contributed by atoms with Gasteiger partial charge < -0.3 is 9.47 Å². The van der Waals surface area contributed by atoms with Crippen molar-refractivity contribution in [3.8, 4) is 5.75 Å². The predicted molar refractivity (Wildman–Crippen MR) is 88.7 cm³/mol. The summed E-state index contributed by atoms with van der Waals surface area (Å²) < 4.78 is 76.5. The zero-order chi connectivity index (χ0) is 18.9. The summed E-state index contributed by atoms with van der Waals surface area (Å²) in [7, 11) is -2.87. The van der Waals surface area contributed by atoms with Crippen LogP contribution in [0.2, 0.25) is 0 Å². The Kier molecular flexibility index (Phi) is 4.85. The molecule has 140 valence electrons. The van der Waals surface area contributed by atoms with Crippen LogP contribution in [-0.2, 0) is 20.9 Å². The van der Waals surface area contributed by atoms with Gasteiger partial charge in [0.05, 0.1) is 22.8 Å². The molecule has 0 bridgehead atoms. The number of epoxide rings is 1. The molecule has 9 heteroatoms. The van der Waals surface area contributed by atoms with Crippen molar-refractivity contribution in [2.24, 2.45) is 0 Å². The average Bonchev–Trinajstić information content (AvgIpc) is 3.43. The maximum atomic E-state index is 13.4. The number of nitrogens with zero attached hydrogens (tertiary/aromatic N) is 1. The maximum absolute atomic E-state index is 13.4. The fourth-order valence-corrected chi connectivity index (χ4v) is 3.52. The number of halogens is 3. The number of ether oxygens (including phenoxy) is 2. The van der Waals surface area contributed by atoms with Crippen molar-refractivity contribution in [1.29, 1.82) is 0 Å². The Morgan fingerprint density at radius 3 is 2.42 bits per heavy atom. The summed E-state index contributed by atoms with van der Waals surface area (Å²) in [4.78, 5) is -0.466. The van der Waals surface area contributed by atoms with Gasteiger partial charge >= 0.3 is 6.18 Å². The van der Waals surface area contributed by atoms with Crippen LogP contribution < -0.4 is 9.04 Å². The van der Waals surface area contributed by atoms with Gasteiger partial charge in [-0.2, -0.15) is 13.2 Å². The summed E-state index contributed by atoms with van der Waals surface area (Å²) in [6, 6.07) is 10.8. The number of rotatable bonds is 6. The van der Waals surface area contributed by atoms with E-state index in [1.54, 1.807) is 30.3 Å². The Morgan fingerprint density at radius 1 is 1.19 bits per heavy atom. The van der Waals surface area contributed by atoms with Gasteiger partial charge in [0.2, 0.25) is 0 Å². The molecule has 0 amide bonds. The third-order valence-electron chi connectivity index (χ3n) is 3.86. The van der Waals surface area contributed by atoms with E-state index in [1.165, 1.54) is 7.05 Å². The van der Waals surface area contributed by atoms with Crippen LogP contribution in [0.5, 0.6) is 5.75 Å². The van der Waals surface area contributed by atoms with Gasteiger partial charge in [0.1, 0.15) is 18.5 Å². The Bertz CT molecular complexity index is 881. The molecule has 2 aromatic rings. The molecule has 1 heterocycles. The topological polar surface area (TPSA) is 59.1 Å². The van der Waals surface area contributed by atoms with Crippen LogP contribution in [0.25, 0.3) is 0 Å². The molecule has 0 spiro atoms. The van der Waals surface area contributed by atoms with E-state index in [0.29, 0.717) is 18.4 Å². The summed E-state index contributed by atoms with van der Waals surface area (Å²) in [6.07, 6.45) is -4.97. The number of alkyl halides is 3. The van der Waals surface area contributed by atoms with E-state index >= 15 is 0 Å². The zero-order valence-electron chi connectivity index (χ0n) is 13.7. The maximum Gasteiger partial charge on any atom is 0.420 e. The molecule has 26 heavy (non-hydrogen) atoms. The van der Waals surface area contributed by atoms with E-state index < -0.39 is 32.4 Å². The molecule has 0 saturated carbocycles. The molecule has 0 aromatic heterocycles. The fraction of sp³-hybridized carbons (Fsp3) is 0.294. The van der Waals surface area contributed by atoms with Gasteiger partial charge in [-0.15, -0.1) is 0 Å². The first kappa shape index (κ1) is 18.5. The van der Waals surface area contributed by atoms with Gasteiger partial charge in [-0.25, -0.2) is 8.42 Å². The second kappa shape index (κ2) is 6.81. The Labute approximate surface area is 149 Å². The molecule has 1 atom stereocenters. The van der Waals surface area contributed by atoms with E-state index in [4.69, 9.17) is 9.47 Å². The third-order valence-corrected chi connectivity index (χ3v) is 5.64. The molecule has 1 aliphatic rings. The predicted octanol–water partition coefficient (Wildman–Crippen LogP) is 3.31. The second-order valence-corrected chi connectivity index (χ2v) is 7.70. The molecule has 1 fully saturated rings. The van der Waals surface area contributed by atoms with Gasteiger partial charge in [0.25, 0.3) is 10.0 Å². The van der Waals surface area contributed by atoms with Crippen LogP contribution in [0, 0.1) is 0 Å². The van der Waals surface area contributed by atoms with Crippen molar-refractivity contribution in [3.63, 3.8) is 0 Å². The van der Waals surface area contributed by atoms with Crippen LogP contribution in [0.4, 0.5) is 18.9 Å². The van der Waals surface area contributed by atoms with Crippen LogP contribution >= 0.6 is 0 Å². The molecule has 1 aliphatic heterocycles. The van der Waals surface area contributed by atoms with E-state index in [1.807, 2.05) is 0 Å². The van der Waals surface area contributed by atoms with Crippen LogP contribution in [0.1, 0.15) is 5.56 Å². The lowest BCUT2D eigenvalue weighted by Gasteiger charge is -2.21. The Hall–Kier alpha value is -2.26. The van der Waals surface area contributed by atoms with Crippen LogP contribution in [0.15, 0.2) is 53.4 Å². The summed E-state index contributed by atoms with van der Waals surface area (Å²) in [6.45, 7) is 0.425. The molecule has 1 unspecified atom stereocenters. The summed E-state index contributed by atoms with van der Waals surface area (Å²) in [5.74, 6) is -0.422. The van der Waals surface area contributed by atoms with Crippen LogP contribution in [0.3, 0.4) is 0 Å². The van der Waals surface area contributed by atoms with Gasteiger partial charge in [0, 0.05) is 7.05 Å². The minimum Gasteiger partial charge on any atom is -0.490 e. The minimum atomic E-state index is -4.75.